The summed E-state index contributed by atoms with van der Waals surface area (Å²) in [4.78, 5) is 0. The van der Waals surface area contributed by atoms with Crippen molar-refractivity contribution in [1.82, 2.24) is 0 Å². The first-order chi connectivity index (χ1) is 7.34. The summed E-state index contributed by atoms with van der Waals surface area (Å²) in [5.74, 6) is 0.672. The number of ether oxygens (including phenoxy) is 1. The fourth-order valence-corrected chi connectivity index (χ4v) is 1.44. The summed E-state index contributed by atoms with van der Waals surface area (Å²) in [5, 5.41) is 9.09. The fraction of sp³-hybridized carbons (Fsp3) is 0.500. The summed E-state index contributed by atoms with van der Waals surface area (Å²) in [5.41, 5.74) is 1.82. The third-order valence-electron chi connectivity index (χ3n) is 2.33. The van der Waals surface area contributed by atoms with Crippen molar-refractivity contribution in [3.8, 4) is 11.8 Å². The number of nitrogens with zero attached hydrogens (tertiary/aromatic N) is 1. The first kappa shape index (κ1) is 12.6. The van der Waals surface area contributed by atoms with E-state index in [2.05, 4.69) is 26.8 Å². The first-order valence-electron chi connectivity index (χ1n) is 5.56. The molecule has 0 aliphatic rings. The van der Waals surface area contributed by atoms with E-state index in [0.717, 1.165) is 5.56 Å². The van der Waals surface area contributed by atoms with E-state index in [1.54, 1.807) is 0 Å². The van der Waals surface area contributed by atoms with Crippen molar-refractivity contribution >= 4 is 0 Å². The second-order valence-corrected chi connectivity index (χ2v) is 5.24. The molecule has 0 aliphatic heterocycles. The van der Waals surface area contributed by atoms with E-state index in [-0.39, 0.29) is 11.5 Å². The Morgan fingerprint density at radius 2 is 1.88 bits per heavy atom. The predicted molar refractivity (Wildman–Crippen MR) is 65.6 cm³/mol. The van der Waals surface area contributed by atoms with Gasteiger partial charge in [0.1, 0.15) is 11.8 Å². The lowest BCUT2D eigenvalue weighted by Crippen LogP contribution is -2.12. The summed E-state index contributed by atoms with van der Waals surface area (Å²) in [6, 6.07) is 8.02. The highest BCUT2D eigenvalue weighted by Crippen LogP contribution is 2.28. The van der Waals surface area contributed by atoms with E-state index >= 15 is 0 Å². The molecule has 86 valence electrons. The maximum atomic E-state index is 9.09. The molecule has 0 unspecified atom stereocenters. The number of hydrogen-bond donors (Lipinski definition) is 0. The van der Waals surface area contributed by atoms with Gasteiger partial charge in [-0.05, 0) is 37.0 Å². The second-order valence-electron chi connectivity index (χ2n) is 5.24. The molecule has 1 rings (SSSR count). The molecule has 0 radical (unpaired) electrons. The van der Waals surface area contributed by atoms with Crippen LogP contribution in [-0.4, -0.2) is 6.10 Å². The highest BCUT2D eigenvalue weighted by atomic mass is 16.5. The van der Waals surface area contributed by atoms with Crippen molar-refractivity contribution in [2.75, 3.05) is 0 Å². The lowest BCUT2D eigenvalue weighted by atomic mass is 9.86. The molecule has 0 heterocycles. The summed E-state index contributed by atoms with van der Waals surface area (Å²) in [7, 11) is 0. The molecule has 16 heavy (non-hydrogen) atoms. The van der Waals surface area contributed by atoms with Crippen LogP contribution in [0.3, 0.4) is 0 Å². The number of benzene rings is 1. The molecule has 0 saturated carbocycles. The van der Waals surface area contributed by atoms with E-state index in [1.165, 1.54) is 0 Å². The van der Waals surface area contributed by atoms with Crippen molar-refractivity contribution in [3.05, 3.63) is 29.3 Å². The van der Waals surface area contributed by atoms with Gasteiger partial charge in [0.15, 0.2) is 0 Å². The molecular formula is C14H19NO. The van der Waals surface area contributed by atoms with Gasteiger partial charge in [-0.3, -0.25) is 0 Å². The SMILES string of the molecule is CC(C)Oc1ccc(C(C)(C)C)cc1C#N. The van der Waals surface area contributed by atoms with Crippen LogP contribution in [-0.2, 0) is 5.41 Å². The Hall–Kier alpha value is -1.49. The molecule has 0 aliphatic carbocycles. The maximum absolute atomic E-state index is 9.09. The van der Waals surface area contributed by atoms with Crippen molar-refractivity contribution in [2.24, 2.45) is 0 Å². The maximum Gasteiger partial charge on any atom is 0.137 e. The van der Waals surface area contributed by atoms with Gasteiger partial charge >= 0.3 is 0 Å². The first-order valence-corrected chi connectivity index (χ1v) is 5.56. The summed E-state index contributed by atoms with van der Waals surface area (Å²) >= 11 is 0. The minimum atomic E-state index is 0.0575. The summed E-state index contributed by atoms with van der Waals surface area (Å²) < 4.78 is 5.58. The minimum Gasteiger partial charge on any atom is -0.490 e. The van der Waals surface area contributed by atoms with Crippen LogP contribution in [0, 0.1) is 11.3 Å². The van der Waals surface area contributed by atoms with Gasteiger partial charge in [-0.15, -0.1) is 0 Å². The zero-order valence-corrected chi connectivity index (χ0v) is 10.7. The molecule has 2 nitrogen and oxygen atoms in total. The third kappa shape index (κ3) is 3.00. The van der Waals surface area contributed by atoms with E-state index in [1.807, 2.05) is 32.0 Å². The van der Waals surface area contributed by atoms with Gasteiger partial charge in [0.25, 0.3) is 0 Å². The highest BCUT2D eigenvalue weighted by Gasteiger charge is 2.16. The molecule has 0 amide bonds. The number of hydrogen-bond acceptors (Lipinski definition) is 2. The second kappa shape index (κ2) is 4.57. The van der Waals surface area contributed by atoms with Crippen LogP contribution in [0.2, 0.25) is 0 Å². The van der Waals surface area contributed by atoms with E-state index in [9.17, 15) is 0 Å². The molecule has 2 heteroatoms. The van der Waals surface area contributed by atoms with Crippen molar-refractivity contribution < 1.29 is 4.74 Å². The van der Waals surface area contributed by atoms with Gasteiger partial charge < -0.3 is 4.74 Å². The monoisotopic (exact) mass is 217 g/mol. The lowest BCUT2D eigenvalue weighted by Gasteiger charge is -2.20. The fourth-order valence-electron chi connectivity index (χ4n) is 1.44. The zero-order chi connectivity index (χ0) is 12.3. The van der Waals surface area contributed by atoms with Gasteiger partial charge in [-0.1, -0.05) is 26.8 Å². The van der Waals surface area contributed by atoms with Crippen molar-refractivity contribution in [3.63, 3.8) is 0 Å². The largest absolute Gasteiger partial charge is 0.490 e. The average Bonchev–Trinajstić information content (AvgIpc) is 2.15. The number of rotatable bonds is 2. The van der Waals surface area contributed by atoms with E-state index < -0.39 is 0 Å². The van der Waals surface area contributed by atoms with Crippen LogP contribution in [0.25, 0.3) is 0 Å². The molecule has 0 atom stereocenters. The Kier molecular flexibility index (Phi) is 3.59. The van der Waals surface area contributed by atoms with Crippen LogP contribution in [0.5, 0.6) is 5.75 Å². The summed E-state index contributed by atoms with van der Waals surface area (Å²) in [6.07, 6.45) is 0.0904. The Labute approximate surface area is 97.9 Å². The standard InChI is InChI=1S/C14H19NO/c1-10(2)16-13-7-6-12(14(3,4)5)8-11(13)9-15/h6-8,10H,1-5H3. The van der Waals surface area contributed by atoms with E-state index in [0.29, 0.717) is 11.3 Å². The van der Waals surface area contributed by atoms with Gasteiger partial charge in [0, 0.05) is 0 Å². The molecule has 0 spiro atoms. The Morgan fingerprint density at radius 1 is 1.25 bits per heavy atom. The average molecular weight is 217 g/mol. The molecule has 0 aromatic heterocycles. The van der Waals surface area contributed by atoms with Crippen LogP contribution in [0.4, 0.5) is 0 Å². The van der Waals surface area contributed by atoms with Crippen LogP contribution in [0.1, 0.15) is 45.7 Å². The highest BCUT2D eigenvalue weighted by molar-refractivity contribution is 5.47. The smallest absolute Gasteiger partial charge is 0.137 e. The lowest BCUT2D eigenvalue weighted by molar-refractivity contribution is 0.241. The molecule has 0 saturated heterocycles. The predicted octanol–water partition coefficient (Wildman–Crippen LogP) is 3.64. The molecule has 1 aromatic rings. The molecule has 1 aromatic carbocycles. The third-order valence-corrected chi connectivity index (χ3v) is 2.33. The minimum absolute atomic E-state index is 0.0575. The Bertz CT molecular complexity index is 408. The molecule has 0 fully saturated rings. The van der Waals surface area contributed by atoms with Crippen molar-refractivity contribution in [2.45, 2.75) is 46.1 Å². The van der Waals surface area contributed by atoms with E-state index in [4.69, 9.17) is 10.00 Å². The van der Waals surface area contributed by atoms with Crippen LogP contribution >= 0.6 is 0 Å². The van der Waals surface area contributed by atoms with Crippen molar-refractivity contribution in [1.29, 1.82) is 5.26 Å². The molecule has 0 bridgehead atoms. The molecule has 0 N–H and O–H groups in total. The Balaban J connectivity index is 3.13. The Morgan fingerprint density at radius 3 is 2.31 bits per heavy atom. The van der Waals surface area contributed by atoms with Crippen LogP contribution in [0.15, 0.2) is 18.2 Å². The molecular weight excluding hydrogens is 198 g/mol. The van der Waals surface area contributed by atoms with Gasteiger partial charge in [-0.2, -0.15) is 5.26 Å². The van der Waals surface area contributed by atoms with Crippen LogP contribution < -0.4 is 4.74 Å². The van der Waals surface area contributed by atoms with Gasteiger partial charge in [0.2, 0.25) is 0 Å². The topological polar surface area (TPSA) is 33.0 Å². The zero-order valence-electron chi connectivity index (χ0n) is 10.7. The summed E-state index contributed by atoms with van der Waals surface area (Å²) in [6.45, 7) is 10.3. The quantitative estimate of drug-likeness (QED) is 0.757. The number of nitriles is 1. The van der Waals surface area contributed by atoms with Gasteiger partial charge in [0.05, 0.1) is 11.7 Å². The van der Waals surface area contributed by atoms with Gasteiger partial charge in [-0.25, -0.2) is 0 Å². The normalized spacial score (nSPS) is 11.3.